The molecular formula is C25H27F5O. The Balaban J connectivity index is 1.52. The lowest BCUT2D eigenvalue weighted by Gasteiger charge is -2.27. The Kier molecular flexibility index (Phi) is 7.52. The Bertz CT molecular complexity index is 845. The van der Waals surface area contributed by atoms with Crippen molar-refractivity contribution in [2.75, 3.05) is 6.61 Å². The number of allylic oxidation sites excluding steroid dienone is 2. The first-order valence-electron chi connectivity index (χ1n) is 10.6. The van der Waals surface area contributed by atoms with E-state index < -0.39 is 17.8 Å². The highest BCUT2D eigenvalue weighted by Crippen LogP contribution is 2.38. The third-order valence-corrected chi connectivity index (χ3v) is 5.91. The van der Waals surface area contributed by atoms with Crippen LogP contribution in [0.15, 0.2) is 60.7 Å². The van der Waals surface area contributed by atoms with E-state index in [9.17, 15) is 22.0 Å². The summed E-state index contributed by atoms with van der Waals surface area (Å²) in [6.45, 7) is 1.73. The maximum Gasteiger partial charge on any atom is 0.416 e. The molecule has 1 saturated carbocycles. The Hall–Kier alpha value is -2.21. The molecule has 0 atom stereocenters. The number of hydrogen-bond donors (Lipinski definition) is 0. The molecule has 0 heterocycles. The van der Waals surface area contributed by atoms with E-state index in [1.54, 1.807) is 12.1 Å². The molecule has 0 amide bonds. The molecule has 168 valence electrons. The van der Waals surface area contributed by atoms with Crippen LogP contribution in [0.25, 0.3) is 0 Å². The van der Waals surface area contributed by atoms with Gasteiger partial charge in [0.1, 0.15) is 0 Å². The smallest absolute Gasteiger partial charge is 0.316 e. The number of rotatable bonds is 7. The van der Waals surface area contributed by atoms with Crippen molar-refractivity contribution < 1.29 is 26.7 Å². The third-order valence-electron chi connectivity index (χ3n) is 5.91. The van der Waals surface area contributed by atoms with Gasteiger partial charge in [-0.2, -0.15) is 22.0 Å². The van der Waals surface area contributed by atoms with Gasteiger partial charge in [0.05, 0.1) is 17.7 Å². The van der Waals surface area contributed by atoms with E-state index in [1.807, 2.05) is 6.92 Å². The second-order valence-electron chi connectivity index (χ2n) is 8.07. The first kappa shape index (κ1) is 23.5. The van der Waals surface area contributed by atoms with Gasteiger partial charge in [-0.1, -0.05) is 48.6 Å². The fraction of sp³-hybridized carbons (Fsp3) is 0.440. The number of hydrogen-bond acceptors (Lipinski definition) is 1. The van der Waals surface area contributed by atoms with Crippen LogP contribution in [0.5, 0.6) is 0 Å². The van der Waals surface area contributed by atoms with Crippen molar-refractivity contribution in [3.05, 3.63) is 82.9 Å². The van der Waals surface area contributed by atoms with E-state index in [0.717, 1.165) is 43.4 Å². The summed E-state index contributed by atoms with van der Waals surface area (Å²) in [7, 11) is 0. The molecular weight excluding hydrogens is 411 g/mol. The van der Waals surface area contributed by atoms with Crippen molar-refractivity contribution in [3.8, 4) is 0 Å². The third kappa shape index (κ3) is 6.39. The zero-order chi connectivity index (χ0) is 22.5. The minimum Gasteiger partial charge on any atom is -0.316 e. The zero-order valence-corrected chi connectivity index (χ0v) is 17.5. The van der Waals surface area contributed by atoms with Crippen LogP contribution in [0.3, 0.4) is 0 Å². The molecule has 2 aromatic rings. The summed E-state index contributed by atoms with van der Waals surface area (Å²) in [5.74, 6) is 1.01. The molecule has 0 aromatic heterocycles. The van der Waals surface area contributed by atoms with Gasteiger partial charge in [0.25, 0.3) is 0 Å². The monoisotopic (exact) mass is 438 g/mol. The number of alkyl halides is 5. The molecule has 1 aliphatic rings. The minimum absolute atomic E-state index is 0.0985. The van der Waals surface area contributed by atoms with Crippen molar-refractivity contribution in [3.63, 3.8) is 0 Å². The zero-order valence-electron chi connectivity index (χ0n) is 17.5. The second kappa shape index (κ2) is 9.94. The van der Waals surface area contributed by atoms with E-state index >= 15 is 0 Å². The standard InChI is InChI=1S/C25H27F5O/c1-2-3-18-4-8-20(9-5-18)21-10-14-23(15-11-21)25(29,30)31-17-16-19-6-12-22(13-7-19)24(26,27)28/h2-3,6-7,10-15,18,20H,4-5,8-9,16-17H2,1H3/b3-2+/t18-,20-. The van der Waals surface area contributed by atoms with Crippen LogP contribution in [0.2, 0.25) is 0 Å². The van der Waals surface area contributed by atoms with E-state index in [4.69, 9.17) is 4.74 Å². The Morgan fingerprint density at radius 1 is 0.839 bits per heavy atom. The summed E-state index contributed by atoms with van der Waals surface area (Å²) in [5, 5.41) is 0. The molecule has 2 aromatic carbocycles. The van der Waals surface area contributed by atoms with Gasteiger partial charge >= 0.3 is 12.3 Å². The minimum atomic E-state index is -4.42. The van der Waals surface area contributed by atoms with Gasteiger partial charge in [0.2, 0.25) is 0 Å². The highest BCUT2D eigenvalue weighted by atomic mass is 19.4. The first-order valence-corrected chi connectivity index (χ1v) is 10.6. The van der Waals surface area contributed by atoms with Gasteiger partial charge in [-0.05, 0) is 74.1 Å². The highest BCUT2D eigenvalue weighted by molar-refractivity contribution is 5.28. The Morgan fingerprint density at radius 2 is 1.42 bits per heavy atom. The molecule has 31 heavy (non-hydrogen) atoms. The molecule has 1 nitrogen and oxygen atoms in total. The van der Waals surface area contributed by atoms with Gasteiger partial charge < -0.3 is 4.74 Å². The number of halogens is 5. The van der Waals surface area contributed by atoms with Crippen LogP contribution in [0.1, 0.15) is 60.8 Å². The van der Waals surface area contributed by atoms with Crippen LogP contribution in [0.4, 0.5) is 22.0 Å². The summed E-state index contributed by atoms with van der Waals surface area (Å²) in [6, 6.07) is 10.8. The van der Waals surface area contributed by atoms with Crippen molar-refractivity contribution in [2.24, 2.45) is 5.92 Å². The van der Waals surface area contributed by atoms with Gasteiger partial charge in [0.15, 0.2) is 0 Å². The molecule has 0 spiro atoms. The van der Waals surface area contributed by atoms with Crippen LogP contribution in [-0.4, -0.2) is 6.61 Å². The average Bonchev–Trinajstić information content (AvgIpc) is 2.74. The first-order chi connectivity index (χ1) is 14.7. The number of benzene rings is 2. The quantitative estimate of drug-likeness (QED) is 0.316. The summed E-state index contributed by atoms with van der Waals surface area (Å²) in [6.07, 6.45) is 0.874. The molecule has 0 bridgehead atoms. The summed E-state index contributed by atoms with van der Waals surface area (Å²) in [4.78, 5) is 0. The van der Waals surface area contributed by atoms with Gasteiger partial charge in [-0.25, -0.2) is 0 Å². The Morgan fingerprint density at radius 3 is 1.97 bits per heavy atom. The van der Waals surface area contributed by atoms with Gasteiger partial charge in [0, 0.05) is 0 Å². The number of ether oxygens (including phenoxy) is 1. The average molecular weight is 438 g/mol. The van der Waals surface area contributed by atoms with Gasteiger partial charge in [-0.15, -0.1) is 0 Å². The lowest BCUT2D eigenvalue weighted by molar-refractivity contribution is -0.248. The van der Waals surface area contributed by atoms with Crippen LogP contribution in [0, 0.1) is 5.92 Å². The molecule has 0 saturated heterocycles. The topological polar surface area (TPSA) is 9.23 Å². The molecule has 0 N–H and O–H groups in total. The molecule has 6 heteroatoms. The predicted molar refractivity (Wildman–Crippen MR) is 111 cm³/mol. The lowest BCUT2D eigenvalue weighted by atomic mass is 9.78. The second-order valence-corrected chi connectivity index (χ2v) is 8.07. The summed E-state index contributed by atoms with van der Waals surface area (Å²) < 4.78 is 71.4. The van der Waals surface area contributed by atoms with Crippen molar-refractivity contribution in [1.29, 1.82) is 0 Å². The Labute approximate surface area is 179 Å². The predicted octanol–water partition coefficient (Wildman–Crippen LogP) is 7.86. The molecule has 0 radical (unpaired) electrons. The van der Waals surface area contributed by atoms with E-state index in [2.05, 4.69) is 12.2 Å². The maximum atomic E-state index is 14.4. The molecule has 0 unspecified atom stereocenters. The van der Waals surface area contributed by atoms with Crippen molar-refractivity contribution in [1.82, 2.24) is 0 Å². The summed E-state index contributed by atoms with van der Waals surface area (Å²) >= 11 is 0. The lowest BCUT2D eigenvalue weighted by Crippen LogP contribution is -2.20. The molecule has 1 fully saturated rings. The fourth-order valence-electron chi connectivity index (χ4n) is 4.11. The van der Waals surface area contributed by atoms with Crippen LogP contribution >= 0.6 is 0 Å². The fourth-order valence-corrected chi connectivity index (χ4v) is 4.11. The maximum absolute atomic E-state index is 14.4. The van der Waals surface area contributed by atoms with Crippen molar-refractivity contribution in [2.45, 2.75) is 57.2 Å². The van der Waals surface area contributed by atoms with Crippen LogP contribution in [-0.2, 0) is 23.4 Å². The van der Waals surface area contributed by atoms with E-state index in [0.29, 0.717) is 17.4 Å². The summed E-state index contributed by atoms with van der Waals surface area (Å²) in [5.41, 5.74) is 0.597. The SMILES string of the molecule is C/C=C/[C@H]1CC[C@H](c2ccc(C(F)(F)OCCc3ccc(C(F)(F)F)cc3)cc2)CC1. The van der Waals surface area contributed by atoms with E-state index in [1.165, 1.54) is 24.3 Å². The van der Waals surface area contributed by atoms with Gasteiger partial charge in [-0.3, -0.25) is 0 Å². The van der Waals surface area contributed by atoms with E-state index in [-0.39, 0.29) is 18.6 Å². The molecule has 0 aliphatic heterocycles. The normalized spacial score (nSPS) is 20.3. The molecule has 1 aliphatic carbocycles. The molecule has 3 rings (SSSR count). The largest absolute Gasteiger partial charge is 0.416 e. The van der Waals surface area contributed by atoms with Crippen LogP contribution < -0.4 is 0 Å². The van der Waals surface area contributed by atoms with Crippen molar-refractivity contribution >= 4 is 0 Å². The highest BCUT2D eigenvalue weighted by Gasteiger charge is 2.33.